The lowest BCUT2D eigenvalue weighted by atomic mass is 10.1. The maximum atomic E-state index is 12.0. The average Bonchev–Trinajstić information content (AvgIpc) is 2.58. The number of rotatable bonds is 6. The Bertz CT molecular complexity index is 789. The SMILES string of the molecule is CC(=O)c1ccc(C#N)c(NCCNC(=O)c2ccc(C)cc2)c1. The molecule has 0 aliphatic carbocycles. The first-order chi connectivity index (χ1) is 11.5. The van der Waals surface area contributed by atoms with Gasteiger partial charge in [0.15, 0.2) is 5.78 Å². The van der Waals surface area contributed by atoms with Crippen molar-refractivity contribution < 1.29 is 9.59 Å². The van der Waals surface area contributed by atoms with Gasteiger partial charge in [-0.1, -0.05) is 17.7 Å². The Morgan fingerprint density at radius 2 is 1.71 bits per heavy atom. The Kier molecular flexibility index (Phi) is 5.69. The van der Waals surface area contributed by atoms with Crippen molar-refractivity contribution in [2.75, 3.05) is 18.4 Å². The lowest BCUT2D eigenvalue weighted by molar-refractivity contribution is 0.0954. The number of ketones is 1. The zero-order valence-corrected chi connectivity index (χ0v) is 13.7. The predicted molar refractivity (Wildman–Crippen MR) is 93.2 cm³/mol. The highest BCUT2D eigenvalue weighted by Gasteiger charge is 2.07. The van der Waals surface area contributed by atoms with Gasteiger partial charge in [0.1, 0.15) is 6.07 Å². The zero-order valence-electron chi connectivity index (χ0n) is 13.7. The number of Topliss-reactive ketones (excluding diaryl/α,β-unsaturated/α-hetero) is 1. The Morgan fingerprint density at radius 3 is 2.33 bits per heavy atom. The third kappa shape index (κ3) is 4.43. The van der Waals surface area contributed by atoms with Gasteiger partial charge in [-0.15, -0.1) is 0 Å². The molecule has 0 unspecified atom stereocenters. The molecular weight excluding hydrogens is 302 g/mol. The molecular formula is C19H19N3O2. The fourth-order valence-electron chi connectivity index (χ4n) is 2.19. The molecule has 0 heterocycles. The number of hydrogen-bond acceptors (Lipinski definition) is 4. The summed E-state index contributed by atoms with van der Waals surface area (Å²) in [4.78, 5) is 23.4. The van der Waals surface area contributed by atoms with Crippen molar-refractivity contribution in [1.29, 1.82) is 5.26 Å². The first-order valence-electron chi connectivity index (χ1n) is 7.65. The van der Waals surface area contributed by atoms with Gasteiger partial charge in [0.05, 0.1) is 11.3 Å². The number of benzene rings is 2. The number of anilines is 1. The average molecular weight is 321 g/mol. The minimum absolute atomic E-state index is 0.0600. The van der Waals surface area contributed by atoms with E-state index in [9.17, 15) is 9.59 Å². The molecule has 2 aromatic carbocycles. The summed E-state index contributed by atoms with van der Waals surface area (Å²) in [6, 6.07) is 14.3. The van der Waals surface area contributed by atoms with Crippen molar-refractivity contribution in [2.24, 2.45) is 0 Å². The van der Waals surface area contributed by atoms with Crippen molar-refractivity contribution in [3.63, 3.8) is 0 Å². The van der Waals surface area contributed by atoms with E-state index in [-0.39, 0.29) is 11.7 Å². The summed E-state index contributed by atoms with van der Waals surface area (Å²) in [5.41, 5.74) is 3.30. The molecule has 0 aliphatic heterocycles. The van der Waals surface area contributed by atoms with Gasteiger partial charge < -0.3 is 10.6 Å². The van der Waals surface area contributed by atoms with Crippen LogP contribution in [0, 0.1) is 18.3 Å². The predicted octanol–water partition coefficient (Wildman–Crippen LogP) is 2.91. The zero-order chi connectivity index (χ0) is 17.5. The summed E-state index contributed by atoms with van der Waals surface area (Å²) in [5, 5.41) is 15.0. The second kappa shape index (κ2) is 7.93. The third-order valence-electron chi connectivity index (χ3n) is 3.59. The van der Waals surface area contributed by atoms with Crippen LogP contribution in [0.1, 0.15) is 38.8 Å². The van der Waals surface area contributed by atoms with E-state index in [4.69, 9.17) is 5.26 Å². The number of carbonyl (C=O) groups is 2. The molecule has 5 nitrogen and oxygen atoms in total. The van der Waals surface area contributed by atoms with E-state index in [2.05, 4.69) is 16.7 Å². The van der Waals surface area contributed by atoms with Crippen LogP contribution in [0.5, 0.6) is 0 Å². The number of aryl methyl sites for hydroxylation is 1. The van der Waals surface area contributed by atoms with E-state index < -0.39 is 0 Å². The maximum absolute atomic E-state index is 12.0. The molecule has 0 bridgehead atoms. The summed E-state index contributed by atoms with van der Waals surface area (Å²) in [6.07, 6.45) is 0. The molecule has 5 heteroatoms. The Labute approximate surface area is 141 Å². The summed E-state index contributed by atoms with van der Waals surface area (Å²) in [6.45, 7) is 4.30. The van der Waals surface area contributed by atoms with Crippen LogP contribution in [0.3, 0.4) is 0 Å². The quantitative estimate of drug-likeness (QED) is 0.633. The van der Waals surface area contributed by atoms with Crippen LogP contribution in [0.15, 0.2) is 42.5 Å². The van der Waals surface area contributed by atoms with E-state index in [0.29, 0.717) is 35.5 Å². The van der Waals surface area contributed by atoms with E-state index in [1.165, 1.54) is 6.92 Å². The van der Waals surface area contributed by atoms with Crippen LogP contribution in [0.2, 0.25) is 0 Å². The molecule has 0 atom stereocenters. The number of nitrogens with zero attached hydrogens (tertiary/aromatic N) is 1. The van der Waals surface area contributed by atoms with Crippen LogP contribution >= 0.6 is 0 Å². The molecule has 0 saturated heterocycles. The Balaban J connectivity index is 1.91. The van der Waals surface area contributed by atoms with Crippen LogP contribution in [0.25, 0.3) is 0 Å². The summed E-state index contributed by atoms with van der Waals surface area (Å²) >= 11 is 0. The highest BCUT2D eigenvalue weighted by Crippen LogP contribution is 2.17. The number of nitriles is 1. The Hall–Kier alpha value is -3.13. The summed E-state index contributed by atoms with van der Waals surface area (Å²) in [5.74, 6) is -0.204. The van der Waals surface area contributed by atoms with Gasteiger partial charge >= 0.3 is 0 Å². The molecule has 0 saturated carbocycles. The topological polar surface area (TPSA) is 82.0 Å². The first kappa shape index (κ1) is 17.2. The largest absolute Gasteiger partial charge is 0.382 e. The number of hydrogen-bond donors (Lipinski definition) is 2. The van der Waals surface area contributed by atoms with Crippen molar-refractivity contribution in [1.82, 2.24) is 5.32 Å². The molecule has 0 aromatic heterocycles. The summed E-state index contributed by atoms with van der Waals surface area (Å²) in [7, 11) is 0. The number of amides is 1. The maximum Gasteiger partial charge on any atom is 0.251 e. The smallest absolute Gasteiger partial charge is 0.251 e. The fourth-order valence-corrected chi connectivity index (χ4v) is 2.19. The van der Waals surface area contributed by atoms with E-state index in [1.807, 2.05) is 19.1 Å². The molecule has 0 aliphatic rings. The molecule has 2 rings (SSSR count). The molecule has 2 N–H and O–H groups in total. The standard InChI is InChI=1S/C19H19N3O2/c1-13-3-5-15(6-4-13)19(24)22-10-9-21-18-11-16(14(2)23)7-8-17(18)12-20/h3-8,11,21H,9-10H2,1-2H3,(H,22,24). The molecule has 122 valence electrons. The van der Waals surface area contributed by atoms with Gasteiger partial charge in [-0.3, -0.25) is 9.59 Å². The van der Waals surface area contributed by atoms with Crippen LogP contribution in [-0.4, -0.2) is 24.8 Å². The van der Waals surface area contributed by atoms with Crippen molar-refractivity contribution in [3.05, 3.63) is 64.7 Å². The van der Waals surface area contributed by atoms with Gasteiger partial charge in [-0.25, -0.2) is 0 Å². The Morgan fingerprint density at radius 1 is 1.04 bits per heavy atom. The number of nitrogens with one attached hydrogen (secondary N) is 2. The highest BCUT2D eigenvalue weighted by molar-refractivity contribution is 5.95. The van der Waals surface area contributed by atoms with Crippen LogP contribution in [-0.2, 0) is 0 Å². The third-order valence-corrected chi connectivity index (χ3v) is 3.59. The van der Waals surface area contributed by atoms with Crippen molar-refractivity contribution in [3.8, 4) is 6.07 Å². The van der Waals surface area contributed by atoms with Gasteiger partial charge in [0.2, 0.25) is 0 Å². The first-order valence-corrected chi connectivity index (χ1v) is 7.65. The summed E-state index contributed by atoms with van der Waals surface area (Å²) < 4.78 is 0. The normalized spacial score (nSPS) is 9.88. The lowest BCUT2D eigenvalue weighted by Gasteiger charge is -2.10. The molecule has 2 aromatic rings. The van der Waals surface area contributed by atoms with Crippen LogP contribution < -0.4 is 10.6 Å². The molecule has 0 fully saturated rings. The minimum atomic E-state index is -0.144. The molecule has 0 spiro atoms. The molecule has 0 radical (unpaired) electrons. The second-order valence-corrected chi connectivity index (χ2v) is 5.48. The van der Waals surface area contributed by atoms with Crippen molar-refractivity contribution in [2.45, 2.75) is 13.8 Å². The van der Waals surface area contributed by atoms with Crippen LogP contribution in [0.4, 0.5) is 5.69 Å². The van der Waals surface area contributed by atoms with E-state index in [1.54, 1.807) is 30.3 Å². The molecule has 1 amide bonds. The van der Waals surface area contributed by atoms with Gasteiger partial charge in [-0.05, 0) is 44.2 Å². The minimum Gasteiger partial charge on any atom is -0.382 e. The van der Waals surface area contributed by atoms with E-state index >= 15 is 0 Å². The lowest BCUT2D eigenvalue weighted by Crippen LogP contribution is -2.28. The van der Waals surface area contributed by atoms with Gasteiger partial charge in [0.25, 0.3) is 5.91 Å². The van der Waals surface area contributed by atoms with E-state index in [0.717, 1.165) is 5.56 Å². The van der Waals surface area contributed by atoms with Crippen molar-refractivity contribution >= 4 is 17.4 Å². The molecule has 24 heavy (non-hydrogen) atoms. The van der Waals surface area contributed by atoms with Gasteiger partial charge in [0, 0.05) is 24.2 Å². The van der Waals surface area contributed by atoms with Gasteiger partial charge in [-0.2, -0.15) is 5.26 Å². The fraction of sp³-hybridized carbons (Fsp3) is 0.211. The number of carbonyl (C=O) groups excluding carboxylic acids is 2. The second-order valence-electron chi connectivity index (χ2n) is 5.48. The monoisotopic (exact) mass is 321 g/mol. The highest BCUT2D eigenvalue weighted by atomic mass is 16.1.